The number of amides is 1. The maximum absolute atomic E-state index is 12.3. The van der Waals surface area contributed by atoms with E-state index in [1.165, 1.54) is 0 Å². The lowest BCUT2D eigenvalue weighted by Gasteiger charge is -2.02. The lowest BCUT2D eigenvalue weighted by atomic mass is 10.0. The van der Waals surface area contributed by atoms with Crippen LogP contribution < -0.4 is 11.1 Å². The molecule has 7 heteroatoms. The molecule has 0 saturated heterocycles. The highest BCUT2D eigenvalue weighted by Gasteiger charge is 2.25. The maximum atomic E-state index is 12.3. The standard InChI is InChI=1S/C17H13N5O.ClH/c18-15(19)9-3-4-14-12(6-9)13(17(23)22-14)7-10-8-21-16-11(10)2-1-5-20-16;/h1-8H,(H3,18,19)(H,20,21)(H,22,23);1H. The third-order valence-electron chi connectivity index (χ3n) is 3.90. The molecule has 4 rings (SSSR count). The average Bonchev–Trinajstić information content (AvgIpc) is 3.09. The average molecular weight is 340 g/mol. The van der Waals surface area contributed by atoms with Crippen LogP contribution in [0.4, 0.5) is 5.69 Å². The van der Waals surface area contributed by atoms with Gasteiger partial charge in [-0.3, -0.25) is 10.2 Å². The van der Waals surface area contributed by atoms with Crippen LogP contribution in [0.15, 0.2) is 42.7 Å². The molecule has 6 nitrogen and oxygen atoms in total. The Labute approximate surface area is 143 Å². The highest BCUT2D eigenvalue weighted by atomic mass is 35.5. The lowest BCUT2D eigenvalue weighted by Crippen LogP contribution is -2.10. The first-order valence-electron chi connectivity index (χ1n) is 7.07. The number of fused-ring (bicyclic) bond motifs is 2. The van der Waals surface area contributed by atoms with Crippen molar-refractivity contribution in [3.63, 3.8) is 0 Å². The number of benzene rings is 1. The number of nitrogens with one attached hydrogen (secondary N) is 3. The molecule has 120 valence electrons. The van der Waals surface area contributed by atoms with Crippen molar-refractivity contribution >= 4 is 52.5 Å². The number of hydrogen-bond acceptors (Lipinski definition) is 3. The predicted molar refractivity (Wildman–Crippen MR) is 97.3 cm³/mol. The highest BCUT2D eigenvalue weighted by molar-refractivity contribution is 6.35. The number of hydrogen-bond donors (Lipinski definition) is 4. The van der Waals surface area contributed by atoms with E-state index in [2.05, 4.69) is 15.3 Å². The van der Waals surface area contributed by atoms with Gasteiger partial charge in [0.2, 0.25) is 0 Å². The fraction of sp³-hybridized carbons (Fsp3) is 0. The van der Waals surface area contributed by atoms with Gasteiger partial charge >= 0.3 is 0 Å². The summed E-state index contributed by atoms with van der Waals surface area (Å²) in [5, 5.41) is 11.3. The Bertz CT molecular complexity index is 1010. The molecule has 0 saturated carbocycles. The third kappa shape index (κ3) is 2.43. The summed E-state index contributed by atoms with van der Waals surface area (Å²) in [5.74, 6) is -0.193. The van der Waals surface area contributed by atoms with Gasteiger partial charge < -0.3 is 16.0 Å². The Morgan fingerprint density at radius 3 is 2.92 bits per heavy atom. The Morgan fingerprint density at radius 2 is 2.12 bits per heavy atom. The van der Waals surface area contributed by atoms with Crippen LogP contribution in [0, 0.1) is 5.41 Å². The largest absolute Gasteiger partial charge is 0.384 e. The zero-order valence-electron chi connectivity index (χ0n) is 12.5. The van der Waals surface area contributed by atoms with Crippen LogP contribution in [0.2, 0.25) is 0 Å². The smallest absolute Gasteiger partial charge is 0.256 e. The van der Waals surface area contributed by atoms with E-state index in [9.17, 15) is 4.79 Å². The first-order chi connectivity index (χ1) is 11.1. The number of nitrogens with zero attached hydrogens (tertiary/aromatic N) is 1. The lowest BCUT2D eigenvalue weighted by molar-refractivity contribution is -0.110. The molecule has 1 aliphatic heterocycles. The summed E-state index contributed by atoms with van der Waals surface area (Å²) in [7, 11) is 0. The van der Waals surface area contributed by atoms with Crippen LogP contribution in [0.1, 0.15) is 16.7 Å². The Morgan fingerprint density at radius 1 is 1.29 bits per heavy atom. The monoisotopic (exact) mass is 339 g/mol. The summed E-state index contributed by atoms with van der Waals surface area (Å²) in [6.45, 7) is 0. The van der Waals surface area contributed by atoms with Crippen molar-refractivity contribution < 1.29 is 4.79 Å². The number of H-pyrrole nitrogens is 1. The second kappa shape index (κ2) is 5.82. The molecular formula is C17H14ClN5O. The van der Waals surface area contributed by atoms with Gasteiger partial charge in [0.15, 0.2) is 0 Å². The maximum Gasteiger partial charge on any atom is 0.256 e. The molecule has 0 aliphatic carbocycles. The number of rotatable bonds is 2. The highest BCUT2D eigenvalue weighted by Crippen LogP contribution is 2.34. The summed E-state index contributed by atoms with van der Waals surface area (Å²) >= 11 is 0. The van der Waals surface area contributed by atoms with E-state index in [-0.39, 0.29) is 24.1 Å². The Hall–Kier alpha value is -3.12. The second-order valence-corrected chi connectivity index (χ2v) is 5.33. The van der Waals surface area contributed by atoms with Gasteiger partial charge in [-0.2, -0.15) is 0 Å². The molecule has 0 spiro atoms. The van der Waals surface area contributed by atoms with Gasteiger partial charge in [-0.25, -0.2) is 4.98 Å². The Balaban J connectivity index is 0.00000169. The quantitative estimate of drug-likeness (QED) is 0.327. The van der Waals surface area contributed by atoms with Crippen molar-refractivity contribution in [1.82, 2.24) is 9.97 Å². The molecule has 1 aliphatic rings. The number of carbonyl (C=O) groups excluding carboxylic acids is 1. The number of nitrogens with two attached hydrogens (primary N) is 1. The summed E-state index contributed by atoms with van der Waals surface area (Å²) in [6.07, 6.45) is 5.36. The number of carbonyl (C=O) groups is 1. The fourth-order valence-corrected chi connectivity index (χ4v) is 2.75. The molecular weight excluding hydrogens is 326 g/mol. The zero-order valence-corrected chi connectivity index (χ0v) is 13.3. The summed E-state index contributed by atoms with van der Waals surface area (Å²) in [6, 6.07) is 9.05. The van der Waals surface area contributed by atoms with E-state index < -0.39 is 0 Å². The zero-order chi connectivity index (χ0) is 16.0. The van der Waals surface area contributed by atoms with Crippen LogP contribution in [0.5, 0.6) is 0 Å². The van der Waals surface area contributed by atoms with Crippen molar-refractivity contribution in [3.05, 3.63) is 59.4 Å². The summed E-state index contributed by atoms with van der Waals surface area (Å²) in [4.78, 5) is 19.6. The minimum atomic E-state index is -0.168. The van der Waals surface area contributed by atoms with Gasteiger partial charge in [-0.15, -0.1) is 12.4 Å². The van der Waals surface area contributed by atoms with Crippen molar-refractivity contribution in [3.8, 4) is 0 Å². The topological polar surface area (TPSA) is 108 Å². The van der Waals surface area contributed by atoms with Gasteiger partial charge in [0.05, 0.1) is 0 Å². The first-order valence-corrected chi connectivity index (χ1v) is 7.07. The minimum Gasteiger partial charge on any atom is -0.384 e. The van der Waals surface area contributed by atoms with Crippen molar-refractivity contribution in [1.29, 1.82) is 5.41 Å². The number of amidine groups is 1. The van der Waals surface area contributed by atoms with Crippen LogP contribution in [0.3, 0.4) is 0 Å². The van der Waals surface area contributed by atoms with Gasteiger partial charge in [0, 0.05) is 45.7 Å². The van der Waals surface area contributed by atoms with Crippen molar-refractivity contribution in [2.24, 2.45) is 5.73 Å². The molecule has 0 fully saturated rings. The predicted octanol–water partition coefficient (Wildman–Crippen LogP) is 2.76. The second-order valence-electron chi connectivity index (χ2n) is 5.33. The van der Waals surface area contributed by atoms with Gasteiger partial charge in [0.1, 0.15) is 11.5 Å². The molecule has 5 N–H and O–H groups in total. The fourth-order valence-electron chi connectivity index (χ4n) is 2.75. The number of aromatic amines is 1. The normalized spacial score (nSPS) is 14.3. The van der Waals surface area contributed by atoms with Crippen LogP contribution in [-0.2, 0) is 4.79 Å². The molecule has 1 amide bonds. The van der Waals surface area contributed by atoms with Crippen LogP contribution in [-0.4, -0.2) is 21.7 Å². The molecule has 2 aromatic heterocycles. The summed E-state index contributed by atoms with van der Waals surface area (Å²) < 4.78 is 0. The SMILES string of the molecule is Cl.N=C(N)c1ccc2c(c1)C(=Cc1c[nH]c3ncccc13)C(=O)N2. The third-order valence-corrected chi connectivity index (χ3v) is 3.90. The molecule has 0 unspecified atom stereocenters. The molecule has 3 heterocycles. The van der Waals surface area contributed by atoms with Crippen molar-refractivity contribution in [2.45, 2.75) is 0 Å². The van der Waals surface area contributed by atoms with E-state index in [0.29, 0.717) is 11.1 Å². The molecule has 0 bridgehead atoms. The van der Waals surface area contributed by atoms with Crippen LogP contribution >= 0.6 is 12.4 Å². The summed E-state index contributed by atoms with van der Waals surface area (Å²) in [5.41, 5.74) is 9.82. The van der Waals surface area contributed by atoms with E-state index in [1.807, 2.05) is 24.4 Å². The van der Waals surface area contributed by atoms with E-state index in [4.69, 9.17) is 11.1 Å². The molecule has 24 heavy (non-hydrogen) atoms. The van der Waals surface area contributed by atoms with Gasteiger partial charge in [-0.1, -0.05) is 0 Å². The first kappa shape index (κ1) is 15.8. The number of aromatic nitrogens is 2. The number of anilines is 1. The Kier molecular flexibility index (Phi) is 3.83. The van der Waals surface area contributed by atoms with Crippen LogP contribution in [0.25, 0.3) is 22.7 Å². The van der Waals surface area contributed by atoms with Gasteiger partial charge in [-0.05, 0) is 36.4 Å². The molecule has 3 aromatic rings. The number of nitrogen functional groups attached to an aromatic ring is 1. The van der Waals surface area contributed by atoms with Gasteiger partial charge in [0.25, 0.3) is 5.91 Å². The van der Waals surface area contributed by atoms with E-state index in [1.54, 1.807) is 24.4 Å². The molecule has 0 radical (unpaired) electrons. The molecule has 1 aromatic carbocycles. The van der Waals surface area contributed by atoms with Crippen molar-refractivity contribution in [2.75, 3.05) is 5.32 Å². The number of halogens is 1. The number of pyridine rings is 1. The van der Waals surface area contributed by atoms with E-state index in [0.717, 1.165) is 27.8 Å². The van der Waals surface area contributed by atoms with E-state index >= 15 is 0 Å². The molecule has 0 atom stereocenters. The minimum absolute atomic E-state index is 0.